The molecule has 0 unspecified atom stereocenters. The number of sulfonamides is 1. The fourth-order valence-electron chi connectivity index (χ4n) is 3.20. The minimum Gasteiger partial charge on any atom is -0.475 e. The highest BCUT2D eigenvalue weighted by atomic mass is 32.2. The maximum absolute atomic E-state index is 12.8. The van der Waals surface area contributed by atoms with Crippen molar-refractivity contribution < 1.29 is 50.6 Å². The van der Waals surface area contributed by atoms with Crippen molar-refractivity contribution in [2.45, 2.75) is 37.4 Å². The first kappa shape index (κ1) is 36.1. The van der Waals surface area contributed by atoms with Gasteiger partial charge < -0.3 is 36.0 Å². The highest BCUT2D eigenvalue weighted by Gasteiger charge is 2.38. The number of hydrogen-bond donors (Lipinski definition) is 5. The third-order valence-electron chi connectivity index (χ3n) is 5.09. The van der Waals surface area contributed by atoms with Gasteiger partial charge >= 0.3 is 18.1 Å². The number of aliphatic carboxylic acids is 1. The number of ether oxygens (including phenoxy) is 1. The lowest BCUT2D eigenvalue weighted by Crippen LogP contribution is -2.40. The van der Waals surface area contributed by atoms with E-state index in [4.69, 9.17) is 21.4 Å². The van der Waals surface area contributed by atoms with Crippen molar-refractivity contribution in [3.05, 3.63) is 64.1 Å². The average molecular weight is 635 g/mol. The van der Waals surface area contributed by atoms with Crippen LogP contribution in [0.1, 0.15) is 28.8 Å². The van der Waals surface area contributed by atoms with Crippen LogP contribution in [-0.2, 0) is 41.4 Å². The summed E-state index contributed by atoms with van der Waals surface area (Å²) >= 11 is 0. The first-order valence-corrected chi connectivity index (χ1v) is 13.6. The van der Waals surface area contributed by atoms with E-state index in [2.05, 4.69) is 19.8 Å². The van der Waals surface area contributed by atoms with Gasteiger partial charge in [-0.25, -0.2) is 18.0 Å². The number of rotatable bonds is 13. The zero-order valence-corrected chi connectivity index (χ0v) is 23.4. The molecule has 15 nitrogen and oxygen atoms in total. The summed E-state index contributed by atoms with van der Waals surface area (Å²) in [7, 11) is -2.93. The smallest absolute Gasteiger partial charge is 0.475 e. The normalized spacial score (nSPS) is 11.6. The van der Waals surface area contributed by atoms with Gasteiger partial charge in [0.15, 0.2) is 5.96 Å². The molecule has 0 aliphatic rings. The molecule has 0 bridgehead atoms. The van der Waals surface area contributed by atoms with Crippen molar-refractivity contribution in [3.8, 4) is 0 Å². The van der Waals surface area contributed by atoms with Gasteiger partial charge in [0.05, 0.1) is 24.5 Å². The third kappa shape index (κ3) is 13.1. The molecular weight excluding hydrogens is 605 g/mol. The summed E-state index contributed by atoms with van der Waals surface area (Å²) in [5.74, 6) is -4.74. The Morgan fingerprint density at radius 3 is 2.35 bits per heavy atom. The van der Waals surface area contributed by atoms with Gasteiger partial charge in [0.25, 0.3) is 5.56 Å². The Balaban J connectivity index is 0.00000117. The number of methoxy groups -OCH3 is 1. The van der Waals surface area contributed by atoms with E-state index in [1.807, 2.05) is 0 Å². The predicted octanol–water partition coefficient (Wildman–Crippen LogP) is -0.0526. The Labute approximate surface area is 242 Å². The first-order valence-electron chi connectivity index (χ1n) is 12.0. The number of amides is 1. The fraction of sp³-hybridized carbons (Fsp3) is 0.333. The molecule has 0 aliphatic carbocycles. The molecule has 1 aromatic heterocycles. The number of aromatic nitrogens is 1. The standard InChI is InChI=1S/C22H28N6O7S.C2HF3O2/c1-35-21(32)17-8-3-2-6-15(17)14-36(33,34)27-18-9-5-11-28(20(18)31)12-19(30)26-16(13-29)7-4-10-25-22(23)24;3-2(4,5)1(6)7/h2-3,5-6,8-9,11,13,16,27H,4,7,10,12,14H2,1H3,(H,26,30)(H4,23,24,25);(H,6,7)/t16-;/m0./s1. The van der Waals surface area contributed by atoms with Crippen molar-refractivity contribution in [2.24, 2.45) is 16.5 Å². The van der Waals surface area contributed by atoms with Crippen LogP contribution < -0.4 is 27.1 Å². The molecule has 2 rings (SSSR count). The highest BCUT2D eigenvalue weighted by molar-refractivity contribution is 7.91. The number of benzene rings is 1. The van der Waals surface area contributed by atoms with Crippen molar-refractivity contribution in [2.75, 3.05) is 18.4 Å². The summed E-state index contributed by atoms with van der Waals surface area (Å²) in [4.78, 5) is 61.0. The quantitative estimate of drug-likeness (QED) is 0.0643. The molecule has 43 heavy (non-hydrogen) atoms. The number of carboxylic acids is 1. The van der Waals surface area contributed by atoms with Crippen LogP contribution in [-0.4, -0.2) is 74.1 Å². The lowest BCUT2D eigenvalue weighted by molar-refractivity contribution is -0.192. The Morgan fingerprint density at radius 2 is 1.79 bits per heavy atom. The highest BCUT2D eigenvalue weighted by Crippen LogP contribution is 2.15. The van der Waals surface area contributed by atoms with Crippen LogP contribution in [0.2, 0.25) is 0 Å². The van der Waals surface area contributed by atoms with Crippen LogP contribution in [0.3, 0.4) is 0 Å². The number of nitrogens with zero attached hydrogens (tertiary/aromatic N) is 2. The van der Waals surface area contributed by atoms with Gasteiger partial charge in [-0.15, -0.1) is 0 Å². The fourth-order valence-corrected chi connectivity index (χ4v) is 4.43. The zero-order valence-electron chi connectivity index (χ0n) is 22.5. The summed E-state index contributed by atoms with van der Waals surface area (Å²) < 4.78 is 65.0. The third-order valence-corrected chi connectivity index (χ3v) is 6.31. The molecule has 0 fully saturated rings. The summed E-state index contributed by atoms with van der Waals surface area (Å²) in [6, 6.07) is 7.85. The number of pyridine rings is 1. The molecule has 236 valence electrons. The summed E-state index contributed by atoms with van der Waals surface area (Å²) in [5.41, 5.74) is 9.67. The molecule has 1 heterocycles. The van der Waals surface area contributed by atoms with Crippen LogP contribution in [0.4, 0.5) is 18.9 Å². The molecule has 0 radical (unpaired) electrons. The number of carbonyl (C=O) groups excluding carboxylic acids is 3. The molecule has 1 amide bonds. The predicted molar refractivity (Wildman–Crippen MR) is 146 cm³/mol. The summed E-state index contributed by atoms with van der Waals surface area (Å²) in [6.45, 7) is -0.161. The molecule has 19 heteroatoms. The summed E-state index contributed by atoms with van der Waals surface area (Å²) in [5, 5.41) is 9.62. The van der Waals surface area contributed by atoms with Crippen molar-refractivity contribution in [1.29, 1.82) is 0 Å². The van der Waals surface area contributed by atoms with E-state index < -0.39 is 57.9 Å². The lowest BCUT2D eigenvalue weighted by atomic mass is 10.1. The second kappa shape index (κ2) is 16.5. The Bertz CT molecular complexity index is 1490. The summed E-state index contributed by atoms with van der Waals surface area (Å²) in [6.07, 6.45) is -2.49. The second-order valence-corrected chi connectivity index (χ2v) is 10.1. The van der Waals surface area contributed by atoms with Crippen LogP contribution in [0.15, 0.2) is 52.4 Å². The van der Waals surface area contributed by atoms with Gasteiger partial charge in [-0.2, -0.15) is 13.2 Å². The van der Waals surface area contributed by atoms with E-state index in [1.165, 1.54) is 37.6 Å². The van der Waals surface area contributed by atoms with Crippen molar-refractivity contribution >= 4 is 45.8 Å². The first-order chi connectivity index (χ1) is 20.0. The number of nitrogens with one attached hydrogen (secondary N) is 2. The lowest BCUT2D eigenvalue weighted by Gasteiger charge is -2.14. The molecule has 0 aliphatic heterocycles. The number of alkyl halides is 3. The van der Waals surface area contributed by atoms with Crippen molar-refractivity contribution in [1.82, 2.24) is 9.88 Å². The van der Waals surface area contributed by atoms with Crippen LogP contribution in [0.5, 0.6) is 0 Å². The van der Waals surface area contributed by atoms with Crippen molar-refractivity contribution in [3.63, 3.8) is 0 Å². The zero-order chi connectivity index (χ0) is 32.8. The number of aldehydes is 1. The van der Waals surface area contributed by atoms with E-state index in [0.29, 0.717) is 12.7 Å². The molecule has 2 aromatic rings. The number of esters is 1. The number of halogens is 3. The van der Waals surface area contributed by atoms with Crippen LogP contribution >= 0.6 is 0 Å². The largest absolute Gasteiger partial charge is 0.490 e. The minimum absolute atomic E-state index is 0.0792. The number of carbonyl (C=O) groups is 4. The molecule has 0 saturated heterocycles. The molecular formula is C24H29F3N6O9S. The van der Waals surface area contributed by atoms with E-state index in [1.54, 1.807) is 12.1 Å². The molecule has 1 atom stereocenters. The molecule has 1 aromatic carbocycles. The van der Waals surface area contributed by atoms with Gasteiger partial charge in [0, 0.05) is 12.7 Å². The Kier molecular flexibility index (Phi) is 13.8. The number of aliphatic imine (C=N–C) groups is 1. The molecule has 7 N–H and O–H groups in total. The van der Waals surface area contributed by atoms with Crippen LogP contribution in [0.25, 0.3) is 0 Å². The topological polar surface area (TPSA) is 242 Å². The monoisotopic (exact) mass is 634 g/mol. The molecule has 0 spiro atoms. The average Bonchev–Trinajstić information content (AvgIpc) is 2.91. The number of anilines is 1. The van der Waals surface area contributed by atoms with E-state index in [-0.39, 0.29) is 35.7 Å². The van der Waals surface area contributed by atoms with Crippen LogP contribution in [0, 0.1) is 0 Å². The maximum atomic E-state index is 12.8. The second-order valence-electron chi connectivity index (χ2n) is 8.43. The Hall–Kier alpha value is -4.94. The number of carboxylic acid groups (broad SMARTS) is 1. The number of guanidine groups is 1. The SMILES string of the molecule is COC(=O)c1ccccc1CS(=O)(=O)Nc1cccn(CC(=O)N[C@H](C=O)CCCN=C(N)N)c1=O.O=C(O)C(F)(F)F. The van der Waals surface area contributed by atoms with E-state index >= 15 is 0 Å². The van der Waals surface area contributed by atoms with Gasteiger partial charge in [0.1, 0.15) is 18.5 Å². The Morgan fingerprint density at radius 1 is 1.16 bits per heavy atom. The van der Waals surface area contributed by atoms with Gasteiger partial charge in [-0.05, 0) is 36.6 Å². The maximum Gasteiger partial charge on any atom is 0.490 e. The van der Waals surface area contributed by atoms with Gasteiger partial charge in [-0.1, -0.05) is 18.2 Å². The van der Waals surface area contributed by atoms with Gasteiger partial charge in [0.2, 0.25) is 15.9 Å². The number of hydrogen-bond acceptors (Lipinski definition) is 9. The minimum atomic E-state index is -5.08. The van der Waals surface area contributed by atoms with Gasteiger partial charge in [-0.3, -0.25) is 19.3 Å². The van der Waals surface area contributed by atoms with E-state index in [9.17, 15) is 40.8 Å². The van der Waals surface area contributed by atoms with E-state index in [0.717, 1.165) is 4.57 Å². The molecule has 0 saturated carbocycles. The number of nitrogens with two attached hydrogens (primary N) is 2.